The second kappa shape index (κ2) is 7.04. The fourth-order valence-electron chi connectivity index (χ4n) is 3.71. The standard InChI is InChI=1S/C18H21ClN2O4/c1-11-9-20(7-6-15(11)18(24)25)17(23)12-8-16(22)21(10-12)14-4-2-13(19)3-5-14/h2-5,11-12,15H,6-10H2,1H3,(H,24,25). The van der Waals surface area contributed by atoms with Crippen LogP contribution < -0.4 is 4.90 Å². The number of hydrogen-bond acceptors (Lipinski definition) is 3. The number of carboxylic acids is 1. The molecule has 2 aliphatic heterocycles. The SMILES string of the molecule is CC1CN(C(=O)C2CC(=O)N(c3ccc(Cl)cc3)C2)CCC1C(=O)O. The summed E-state index contributed by atoms with van der Waals surface area (Å²) in [6.45, 7) is 3.08. The Bertz CT molecular complexity index is 691. The molecule has 134 valence electrons. The number of nitrogens with zero attached hydrogens (tertiary/aromatic N) is 2. The van der Waals surface area contributed by atoms with Crippen molar-refractivity contribution in [1.29, 1.82) is 0 Å². The van der Waals surface area contributed by atoms with Crippen LogP contribution in [0.1, 0.15) is 19.8 Å². The predicted octanol–water partition coefficient (Wildman–Crippen LogP) is 2.26. The zero-order chi connectivity index (χ0) is 18.1. The largest absolute Gasteiger partial charge is 0.481 e. The van der Waals surface area contributed by atoms with E-state index in [1.54, 1.807) is 34.1 Å². The second-order valence-electron chi connectivity index (χ2n) is 6.88. The Morgan fingerprint density at radius 3 is 2.48 bits per heavy atom. The number of hydrogen-bond donors (Lipinski definition) is 1. The molecule has 0 bridgehead atoms. The number of carboxylic acid groups (broad SMARTS) is 1. The van der Waals surface area contributed by atoms with Crippen molar-refractivity contribution in [3.63, 3.8) is 0 Å². The van der Waals surface area contributed by atoms with Gasteiger partial charge in [-0.2, -0.15) is 0 Å². The van der Waals surface area contributed by atoms with Crippen LogP contribution in [0.15, 0.2) is 24.3 Å². The number of rotatable bonds is 3. The van der Waals surface area contributed by atoms with Gasteiger partial charge in [0.1, 0.15) is 0 Å². The fourth-order valence-corrected chi connectivity index (χ4v) is 3.84. The van der Waals surface area contributed by atoms with Crippen LogP contribution in [0.4, 0.5) is 5.69 Å². The topological polar surface area (TPSA) is 77.9 Å². The molecule has 0 aliphatic carbocycles. The van der Waals surface area contributed by atoms with Gasteiger partial charge in [0.05, 0.1) is 11.8 Å². The average molecular weight is 365 g/mol. The Kier molecular flexibility index (Phi) is 4.99. The third-order valence-corrected chi connectivity index (χ3v) is 5.40. The van der Waals surface area contributed by atoms with Crippen LogP contribution in [0.5, 0.6) is 0 Å². The highest BCUT2D eigenvalue weighted by molar-refractivity contribution is 6.30. The average Bonchev–Trinajstić information content (AvgIpc) is 2.96. The maximum atomic E-state index is 12.8. The molecule has 2 saturated heterocycles. The monoisotopic (exact) mass is 364 g/mol. The van der Waals surface area contributed by atoms with Gasteiger partial charge in [-0.05, 0) is 36.6 Å². The van der Waals surface area contributed by atoms with Crippen LogP contribution in [0.2, 0.25) is 5.02 Å². The Hall–Kier alpha value is -2.08. The molecule has 2 amide bonds. The van der Waals surface area contributed by atoms with E-state index in [0.717, 1.165) is 5.69 Å². The third kappa shape index (κ3) is 3.63. The molecule has 2 fully saturated rings. The minimum atomic E-state index is -0.801. The molecule has 7 heteroatoms. The first-order valence-electron chi connectivity index (χ1n) is 8.44. The van der Waals surface area contributed by atoms with Crippen LogP contribution in [0, 0.1) is 17.8 Å². The lowest BCUT2D eigenvalue weighted by atomic mass is 9.86. The van der Waals surface area contributed by atoms with Crippen molar-refractivity contribution < 1.29 is 19.5 Å². The number of benzene rings is 1. The number of amides is 2. The van der Waals surface area contributed by atoms with E-state index < -0.39 is 11.9 Å². The molecule has 3 atom stereocenters. The van der Waals surface area contributed by atoms with Crippen LogP contribution in [-0.4, -0.2) is 47.4 Å². The van der Waals surface area contributed by atoms with Gasteiger partial charge in [0.15, 0.2) is 0 Å². The van der Waals surface area contributed by atoms with Gasteiger partial charge in [0.2, 0.25) is 11.8 Å². The van der Waals surface area contributed by atoms with Crippen molar-refractivity contribution >= 4 is 35.1 Å². The molecule has 6 nitrogen and oxygen atoms in total. The molecule has 3 rings (SSSR count). The van der Waals surface area contributed by atoms with Crippen LogP contribution in [0.25, 0.3) is 0 Å². The molecule has 1 N–H and O–H groups in total. The van der Waals surface area contributed by atoms with Crippen molar-refractivity contribution in [1.82, 2.24) is 4.90 Å². The van der Waals surface area contributed by atoms with Gasteiger partial charge < -0.3 is 14.9 Å². The summed E-state index contributed by atoms with van der Waals surface area (Å²) in [7, 11) is 0. The van der Waals surface area contributed by atoms with E-state index in [9.17, 15) is 19.5 Å². The maximum absolute atomic E-state index is 12.8. The normalized spacial score (nSPS) is 26.8. The number of carbonyl (C=O) groups is 3. The van der Waals surface area contributed by atoms with Gasteiger partial charge in [0.25, 0.3) is 0 Å². The second-order valence-corrected chi connectivity index (χ2v) is 7.31. The Morgan fingerprint density at radius 2 is 1.88 bits per heavy atom. The highest BCUT2D eigenvalue weighted by Gasteiger charge is 2.40. The summed E-state index contributed by atoms with van der Waals surface area (Å²) in [4.78, 5) is 39.6. The number of halogens is 1. The molecule has 3 unspecified atom stereocenters. The maximum Gasteiger partial charge on any atom is 0.306 e. The van der Waals surface area contributed by atoms with E-state index in [0.29, 0.717) is 31.1 Å². The minimum Gasteiger partial charge on any atom is -0.481 e. The van der Waals surface area contributed by atoms with Crippen LogP contribution in [0.3, 0.4) is 0 Å². The molecule has 2 heterocycles. The summed E-state index contributed by atoms with van der Waals surface area (Å²) >= 11 is 5.88. The highest BCUT2D eigenvalue weighted by Crippen LogP contribution is 2.30. The van der Waals surface area contributed by atoms with Crippen molar-refractivity contribution in [3.8, 4) is 0 Å². The Morgan fingerprint density at radius 1 is 1.20 bits per heavy atom. The zero-order valence-electron chi connectivity index (χ0n) is 14.0. The van der Waals surface area contributed by atoms with Gasteiger partial charge in [-0.25, -0.2) is 0 Å². The Balaban J connectivity index is 1.65. The summed E-state index contributed by atoms with van der Waals surface area (Å²) in [5.74, 6) is -1.80. The lowest BCUT2D eigenvalue weighted by Crippen LogP contribution is -2.47. The van der Waals surface area contributed by atoms with Crippen LogP contribution in [-0.2, 0) is 14.4 Å². The van der Waals surface area contributed by atoms with Crippen molar-refractivity contribution in [3.05, 3.63) is 29.3 Å². The lowest BCUT2D eigenvalue weighted by molar-refractivity contribution is -0.149. The van der Waals surface area contributed by atoms with Gasteiger partial charge >= 0.3 is 5.97 Å². The summed E-state index contributed by atoms with van der Waals surface area (Å²) in [5.41, 5.74) is 0.739. The van der Waals surface area contributed by atoms with Crippen molar-refractivity contribution in [2.75, 3.05) is 24.5 Å². The minimum absolute atomic E-state index is 0.0551. The Labute approximate surface area is 151 Å². The van der Waals surface area contributed by atoms with Gasteiger partial charge in [0, 0.05) is 36.8 Å². The molecule has 0 radical (unpaired) electrons. The summed E-state index contributed by atoms with van der Waals surface area (Å²) in [6.07, 6.45) is 0.651. The molecule has 25 heavy (non-hydrogen) atoms. The summed E-state index contributed by atoms with van der Waals surface area (Å²) in [5, 5.41) is 9.79. The summed E-state index contributed by atoms with van der Waals surface area (Å²) < 4.78 is 0. The summed E-state index contributed by atoms with van der Waals surface area (Å²) in [6, 6.07) is 6.98. The molecule has 1 aromatic carbocycles. The quantitative estimate of drug-likeness (QED) is 0.892. The number of carbonyl (C=O) groups excluding carboxylic acids is 2. The van der Waals surface area contributed by atoms with E-state index in [1.165, 1.54) is 0 Å². The first kappa shape index (κ1) is 17.7. The predicted molar refractivity (Wildman–Crippen MR) is 93.4 cm³/mol. The molecule has 0 saturated carbocycles. The molecular weight excluding hydrogens is 344 g/mol. The van der Waals surface area contributed by atoms with Gasteiger partial charge in [-0.15, -0.1) is 0 Å². The van der Waals surface area contributed by atoms with E-state index in [-0.39, 0.29) is 30.1 Å². The number of piperidine rings is 1. The first-order valence-corrected chi connectivity index (χ1v) is 8.82. The van der Waals surface area contributed by atoms with E-state index in [4.69, 9.17) is 11.6 Å². The number of anilines is 1. The van der Waals surface area contributed by atoms with Crippen LogP contribution >= 0.6 is 11.6 Å². The van der Waals surface area contributed by atoms with E-state index in [2.05, 4.69) is 0 Å². The molecule has 1 aromatic rings. The number of likely N-dealkylation sites (tertiary alicyclic amines) is 1. The van der Waals surface area contributed by atoms with E-state index >= 15 is 0 Å². The van der Waals surface area contributed by atoms with Gasteiger partial charge in [-0.3, -0.25) is 14.4 Å². The first-order chi connectivity index (χ1) is 11.9. The lowest BCUT2D eigenvalue weighted by Gasteiger charge is -2.36. The van der Waals surface area contributed by atoms with Crippen molar-refractivity contribution in [2.24, 2.45) is 17.8 Å². The third-order valence-electron chi connectivity index (χ3n) is 5.15. The fraction of sp³-hybridized carbons (Fsp3) is 0.500. The van der Waals surface area contributed by atoms with E-state index in [1.807, 2.05) is 6.92 Å². The zero-order valence-corrected chi connectivity index (χ0v) is 14.8. The molecule has 0 spiro atoms. The number of aliphatic carboxylic acids is 1. The smallest absolute Gasteiger partial charge is 0.306 e. The molecule has 2 aliphatic rings. The molecular formula is C18H21ClN2O4. The molecule has 0 aromatic heterocycles. The van der Waals surface area contributed by atoms with Gasteiger partial charge in [-0.1, -0.05) is 18.5 Å². The highest BCUT2D eigenvalue weighted by atomic mass is 35.5. The van der Waals surface area contributed by atoms with Crippen molar-refractivity contribution in [2.45, 2.75) is 19.8 Å².